The molecule has 0 aromatic heterocycles. The molecule has 3 nitrogen and oxygen atoms in total. The van der Waals surface area contributed by atoms with Crippen LogP contribution in [0.4, 0.5) is 0 Å². The van der Waals surface area contributed by atoms with E-state index in [1.54, 1.807) is 7.11 Å². The molecular formula is C16H26BrNO2. The van der Waals surface area contributed by atoms with Crippen LogP contribution in [0.2, 0.25) is 0 Å². The van der Waals surface area contributed by atoms with Gasteiger partial charge in [-0.2, -0.15) is 0 Å². The van der Waals surface area contributed by atoms with E-state index in [1.165, 1.54) is 0 Å². The van der Waals surface area contributed by atoms with Gasteiger partial charge in [-0.05, 0) is 42.5 Å². The lowest BCUT2D eigenvalue weighted by Crippen LogP contribution is -2.46. The van der Waals surface area contributed by atoms with Crippen LogP contribution in [0.25, 0.3) is 0 Å². The summed E-state index contributed by atoms with van der Waals surface area (Å²) >= 11 is 3.50. The van der Waals surface area contributed by atoms with Crippen LogP contribution in [0.15, 0.2) is 22.7 Å². The van der Waals surface area contributed by atoms with Crippen molar-refractivity contribution in [2.45, 2.75) is 46.3 Å². The lowest BCUT2D eigenvalue weighted by atomic mass is 9.82. The molecule has 0 radical (unpaired) electrons. The smallest absolute Gasteiger partial charge is 0.122 e. The van der Waals surface area contributed by atoms with Crippen molar-refractivity contribution >= 4 is 15.9 Å². The summed E-state index contributed by atoms with van der Waals surface area (Å²) in [4.78, 5) is 0. The molecule has 0 amide bonds. The van der Waals surface area contributed by atoms with Gasteiger partial charge in [0.1, 0.15) is 5.75 Å². The van der Waals surface area contributed by atoms with Crippen LogP contribution in [0.5, 0.6) is 5.75 Å². The highest BCUT2D eigenvalue weighted by molar-refractivity contribution is 9.10. The molecule has 1 aromatic carbocycles. The zero-order chi connectivity index (χ0) is 15.3. The molecule has 114 valence electrons. The van der Waals surface area contributed by atoms with Gasteiger partial charge < -0.3 is 15.2 Å². The van der Waals surface area contributed by atoms with E-state index in [9.17, 15) is 0 Å². The van der Waals surface area contributed by atoms with E-state index in [2.05, 4.69) is 42.8 Å². The number of hydrogen-bond acceptors (Lipinski definition) is 3. The number of ether oxygens (including phenoxy) is 2. The van der Waals surface area contributed by atoms with E-state index in [-0.39, 0.29) is 17.6 Å². The van der Waals surface area contributed by atoms with Crippen LogP contribution >= 0.6 is 15.9 Å². The summed E-state index contributed by atoms with van der Waals surface area (Å²) in [6.07, 6.45) is 0.737. The van der Waals surface area contributed by atoms with Crippen LogP contribution in [-0.2, 0) is 11.2 Å². The summed E-state index contributed by atoms with van der Waals surface area (Å²) in [5.74, 6) is 0.868. The van der Waals surface area contributed by atoms with Gasteiger partial charge in [0.25, 0.3) is 0 Å². The minimum atomic E-state index is -0.0712. The van der Waals surface area contributed by atoms with Crippen molar-refractivity contribution in [2.24, 2.45) is 11.1 Å². The summed E-state index contributed by atoms with van der Waals surface area (Å²) in [5, 5.41) is 0. The molecule has 0 aliphatic heterocycles. The fraction of sp³-hybridized carbons (Fsp3) is 0.625. The second kappa shape index (κ2) is 7.43. The molecule has 1 rings (SSSR count). The molecule has 20 heavy (non-hydrogen) atoms. The molecule has 0 saturated heterocycles. The van der Waals surface area contributed by atoms with Crippen LogP contribution in [0, 0.1) is 5.41 Å². The van der Waals surface area contributed by atoms with E-state index >= 15 is 0 Å². The average Bonchev–Trinajstić information content (AvgIpc) is 2.34. The minimum Gasteiger partial charge on any atom is -0.496 e. The first kappa shape index (κ1) is 17.5. The fourth-order valence-electron chi connectivity index (χ4n) is 2.46. The first-order chi connectivity index (χ1) is 9.29. The Morgan fingerprint density at radius 2 is 1.95 bits per heavy atom. The van der Waals surface area contributed by atoms with Crippen molar-refractivity contribution in [3.63, 3.8) is 0 Å². The SMILES string of the molecule is CCOC(C(N)Cc1cc(Br)ccc1OC)C(C)(C)C. The number of methoxy groups -OCH3 is 1. The molecule has 0 aliphatic carbocycles. The van der Waals surface area contributed by atoms with Crippen LogP contribution < -0.4 is 10.5 Å². The number of rotatable bonds is 6. The molecule has 0 fully saturated rings. The fourth-order valence-corrected chi connectivity index (χ4v) is 2.87. The van der Waals surface area contributed by atoms with Crippen molar-refractivity contribution in [1.82, 2.24) is 0 Å². The summed E-state index contributed by atoms with van der Waals surface area (Å²) in [7, 11) is 1.68. The summed E-state index contributed by atoms with van der Waals surface area (Å²) < 4.78 is 12.3. The normalized spacial score (nSPS) is 14.9. The van der Waals surface area contributed by atoms with Gasteiger partial charge in [-0.15, -0.1) is 0 Å². The first-order valence-corrected chi connectivity index (χ1v) is 7.78. The first-order valence-electron chi connectivity index (χ1n) is 6.99. The van der Waals surface area contributed by atoms with Crippen LogP contribution in [-0.4, -0.2) is 25.9 Å². The molecule has 2 unspecified atom stereocenters. The van der Waals surface area contributed by atoms with Gasteiger partial charge in [0.15, 0.2) is 0 Å². The molecule has 0 aliphatic rings. The average molecular weight is 344 g/mol. The van der Waals surface area contributed by atoms with E-state index in [0.29, 0.717) is 6.61 Å². The molecule has 1 aromatic rings. The Balaban J connectivity index is 2.93. The van der Waals surface area contributed by atoms with Gasteiger partial charge in [0, 0.05) is 17.1 Å². The van der Waals surface area contributed by atoms with Crippen molar-refractivity contribution in [1.29, 1.82) is 0 Å². The predicted molar refractivity (Wildman–Crippen MR) is 87.2 cm³/mol. The van der Waals surface area contributed by atoms with Gasteiger partial charge in [-0.1, -0.05) is 36.7 Å². The Hall–Kier alpha value is -0.580. The van der Waals surface area contributed by atoms with Crippen LogP contribution in [0.3, 0.4) is 0 Å². The van der Waals surface area contributed by atoms with Gasteiger partial charge in [-0.25, -0.2) is 0 Å². The van der Waals surface area contributed by atoms with Gasteiger partial charge in [0.2, 0.25) is 0 Å². The third-order valence-electron chi connectivity index (χ3n) is 3.29. The van der Waals surface area contributed by atoms with Gasteiger partial charge >= 0.3 is 0 Å². The Labute approximate surface area is 131 Å². The highest BCUT2D eigenvalue weighted by atomic mass is 79.9. The quantitative estimate of drug-likeness (QED) is 0.854. The Morgan fingerprint density at radius 1 is 1.30 bits per heavy atom. The lowest BCUT2D eigenvalue weighted by molar-refractivity contribution is -0.0275. The highest BCUT2D eigenvalue weighted by Crippen LogP contribution is 2.29. The molecule has 0 saturated carbocycles. The second-order valence-corrected chi connectivity index (χ2v) is 6.98. The van der Waals surface area contributed by atoms with E-state index in [1.807, 2.05) is 19.1 Å². The maximum atomic E-state index is 6.40. The monoisotopic (exact) mass is 343 g/mol. The molecule has 0 bridgehead atoms. The second-order valence-electron chi connectivity index (χ2n) is 6.07. The standard InChI is InChI=1S/C16H26BrNO2/c1-6-20-15(16(2,3)4)13(18)10-11-9-12(17)7-8-14(11)19-5/h7-9,13,15H,6,10,18H2,1-5H3. The predicted octanol–water partition coefficient (Wildman–Crippen LogP) is 3.78. The van der Waals surface area contributed by atoms with Gasteiger partial charge in [-0.3, -0.25) is 0 Å². The third-order valence-corrected chi connectivity index (χ3v) is 3.78. The third kappa shape index (κ3) is 4.76. The van der Waals surface area contributed by atoms with Crippen molar-refractivity contribution in [3.05, 3.63) is 28.2 Å². The molecule has 2 N–H and O–H groups in total. The van der Waals surface area contributed by atoms with Crippen LogP contribution in [0.1, 0.15) is 33.3 Å². The van der Waals surface area contributed by atoms with Gasteiger partial charge in [0.05, 0.1) is 13.2 Å². The number of halogens is 1. The Kier molecular flexibility index (Phi) is 6.49. The highest BCUT2D eigenvalue weighted by Gasteiger charge is 2.31. The van der Waals surface area contributed by atoms with Crippen molar-refractivity contribution in [3.8, 4) is 5.75 Å². The topological polar surface area (TPSA) is 44.5 Å². The lowest BCUT2D eigenvalue weighted by Gasteiger charge is -2.35. The summed E-state index contributed by atoms with van der Waals surface area (Å²) in [5.41, 5.74) is 7.51. The molecular weight excluding hydrogens is 318 g/mol. The number of hydrogen-bond donors (Lipinski definition) is 1. The van der Waals surface area contributed by atoms with E-state index in [4.69, 9.17) is 15.2 Å². The largest absolute Gasteiger partial charge is 0.496 e. The molecule has 4 heteroatoms. The Morgan fingerprint density at radius 3 is 2.45 bits per heavy atom. The summed E-state index contributed by atoms with van der Waals surface area (Å²) in [6.45, 7) is 9.15. The maximum Gasteiger partial charge on any atom is 0.122 e. The van der Waals surface area contributed by atoms with Crippen molar-refractivity contribution in [2.75, 3.05) is 13.7 Å². The minimum absolute atomic E-state index is 0.00861. The maximum absolute atomic E-state index is 6.40. The number of nitrogens with two attached hydrogens (primary N) is 1. The zero-order valence-electron chi connectivity index (χ0n) is 13.1. The molecule has 0 heterocycles. The zero-order valence-corrected chi connectivity index (χ0v) is 14.7. The molecule has 0 spiro atoms. The van der Waals surface area contributed by atoms with Crippen molar-refractivity contribution < 1.29 is 9.47 Å². The Bertz CT molecular complexity index is 429. The van der Waals surface area contributed by atoms with E-state index in [0.717, 1.165) is 22.2 Å². The van der Waals surface area contributed by atoms with E-state index < -0.39 is 0 Å². The molecule has 2 atom stereocenters. The number of benzene rings is 1. The summed E-state index contributed by atoms with van der Waals surface area (Å²) in [6, 6.07) is 5.92.